The van der Waals surface area contributed by atoms with Crippen molar-refractivity contribution in [2.45, 2.75) is 0 Å². The van der Waals surface area contributed by atoms with Crippen LogP contribution >= 0.6 is 0 Å². The van der Waals surface area contributed by atoms with Gasteiger partial charge in [-0.25, -0.2) is 0 Å². The number of nitrogens with one attached hydrogen (secondary N) is 1. The highest BCUT2D eigenvalue weighted by Crippen LogP contribution is 2.25. The van der Waals surface area contributed by atoms with Gasteiger partial charge in [-0.15, -0.1) is 0 Å². The van der Waals surface area contributed by atoms with Crippen LogP contribution in [0.15, 0.2) is 66.7 Å². The highest BCUT2D eigenvalue weighted by molar-refractivity contribution is 7.74. The normalized spacial score (nSPS) is 12.0. The van der Waals surface area contributed by atoms with E-state index < -0.39 is 11.4 Å². The Balaban J connectivity index is 1.88. The monoisotopic (exact) mass is 299 g/mol. The molecule has 0 amide bonds. The Hall–Kier alpha value is -2.37. The number of hydrogen-bond acceptors (Lipinski definition) is 3. The van der Waals surface area contributed by atoms with E-state index in [2.05, 4.69) is 5.32 Å². The summed E-state index contributed by atoms with van der Waals surface area (Å²) in [6, 6.07) is 21.1. The molecule has 0 aliphatic rings. The van der Waals surface area contributed by atoms with Gasteiger partial charge in [-0.1, -0.05) is 30.3 Å². The summed E-state index contributed by atoms with van der Waals surface area (Å²) in [5, 5.41) is 5.28. The van der Waals surface area contributed by atoms with Gasteiger partial charge in [0.05, 0.1) is 0 Å². The summed E-state index contributed by atoms with van der Waals surface area (Å²) in [6.07, 6.45) is 0. The summed E-state index contributed by atoms with van der Waals surface area (Å²) in [6.45, 7) is 0. The lowest BCUT2D eigenvalue weighted by molar-refractivity contribution is 0.458. The van der Waals surface area contributed by atoms with E-state index in [0.29, 0.717) is 5.75 Å². The maximum absolute atomic E-state index is 10.6. The lowest BCUT2D eigenvalue weighted by atomic mass is 10.1. The van der Waals surface area contributed by atoms with Crippen LogP contribution in [0.1, 0.15) is 0 Å². The first-order valence-corrected chi connectivity index (χ1v) is 7.39. The van der Waals surface area contributed by atoms with Crippen molar-refractivity contribution in [3.63, 3.8) is 0 Å². The molecule has 5 heteroatoms. The third-order valence-corrected chi connectivity index (χ3v) is 3.38. The molecule has 0 aliphatic carbocycles. The predicted molar refractivity (Wildman–Crippen MR) is 85.1 cm³/mol. The Labute approximate surface area is 124 Å². The Bertz CT molecular complexity index is 790. The molecule has 3 aromatic carbocycles. The Kier molecular flexibility index (Phi) is 3.85. The van der Waals surface area contributed by atoms with Gasteiger partial charge in [0.15, 0.2) is 0 Å². The summed E-state index contributed by atoms with van der Waals surface area (Å²) in [4.78, 5) is 0. The molecule has 106 valence electrons. The smallest absolute Gasteiger partial charge is 0.357 e. The maximum atomic E-state index is 10.6. The molecule has 0 saturated heterocycles. The molecule has 3 rings (SSSR count). The van der Waals surface area contributed by atoms with E-state index in [1.807, 2.05) is 54.6 Å². The zero-order valence-corrected chi connectivity index (χ0v) is 11.8. The molecule has 0 heterocycles. The quantitative estimate of drug-likeness (QED) is 0.712. The average Bonchev–Trinajstić information content (AvgIpc) is 2.48. The second-order valence-electron chi connectivity index (χ2n) is 4.52. The van der Waals surface area contributed by atoms with Crippen LogP contribution in [0, 0.1) is 0 Å². The van der Waals surface area contributed by atoms with Crippen LogP contribution in [0.25, 0.3) is 10.8 Å². The molecule has 21 heavy (non-hydrogen) atoms. The SMILES string of the molecule is O=S(O)Oc1ccc2cc(Nc3ccccc3)ccc2c1. The molecular weight excluding hydrogens is 286 g/mol. The van der Waals surface area contributed by atoms with Crippen molar-refractivity contribution >= 4 is 33.5 Å². The molecule has 0 spiro atoms. The van der Waals surface area contributed by atoms with Gasteiger partial charge in [-0.3, -0.25) is 4.55 Å². The van der Waals surface area contributed by atoms with Gasteiger partial charge < -0.3 is 9.50 Å². The zero-order chi connectivity index (χ0) is 14.7. The second kappa shape index (κ2) is 5.95. The van der Waals surface area contributed by atoms with Crippen LogP contribution in [-0.2, 0) is 11.4 Å². The van der Waals surface area contributed by atoms with E-state index >= 15 is 0 Å². The standard InChI is InChI=1S/C16H13NO3S/c18-21(19)20-16-9-7-12-10-15(8-6-13(12)11-16)17-14-4-2-1-3-5-14/h1-11,17H,(H,18,19). The minimum atomic E-state index is -2.30. The molecule has 4 nitrogen and oxygen atoms in total. The first kappa shape index (κ1) is 13.6. The highest BCUT2D eigenvalue weighted by atomic mass is 32.2. The van der Waals surface area contributed by atoms with E-state index in [9.17, 15) is 4.21 Å². The molecule has 0 aromatic heterocycles. The largest absolute Gasteiger partial charge is 0.380 e. The van der Waals surface area contributed by atoms with Gasteiger partial charge in [-0.05, 0) is 47.2 Å². The van der Waals surface area contributed by atoms with Crippen LogP contribution < -0.4 is 9.50 Å². The molecule has 2 N–H and O–H groups in total. The number of rotatable bonds is 4. The second-order valence-corrected chi connectivity index (χ2v) is 5.12. The number of para-hydroxylation sites is 1. The lowest BCUT2D eigenvalue weighted by Crippen LogP contribution is -1.97. The van der Waals surface area contributed by atoms with Crippen LogP contribution in [0.2, 0.25) is 0 Å². The minimum absolute atomic E-state index is 0.368. The van der Waals surface area contributed by atoms with E-state index in [4.69, 9.17) is 8.74 Å². The van der Waals surface area contributed by atoms with Crippen LogP contribution in [-0.4, -0.2) is 8.76 Å². The predicted octanol–water partition coefficient (Wildman–Crippen LogP) is 4.10. The fourth-order valence-corrected chi connectivity index (χ4v) is 2.39. The summed E-state index contributed by atoms with van der Waals surface area (Å²) < 4.78 is 24.1. The van der Waals surface area contributed by atoms with Gasteiger partial charge in [0, 0.05) is 11.4 Å². The fraction of sp³-hybridized carbons (Fsp3) is 0. The number of hydrogen-bond donors (Lipinski definition) is 2. The number of benzene rings is 3. The van der Waals surface area contributed by atoms with Crippen molar-refractivity contribution in [1.29, 1.82) is 0 Å². The van der Waals surface area contributed by atoms with Crippen molar-refractivity contribution in [2.75, 3.05) is 5.32 Å². The van der Waals surface area contributed by atoms with Crippen LogP contribution in [0.5, 0.6) is 5.75 Å². The summed E-state index contributed by atoms with van der Waals surface area (Å²) in [5.74, 6) is 0.368. The van der Waals surface area contributed by atoms with Crippen molar-refractivity contribution in [3.05, 3.63) is 66.7 Å². The zero-order valence-electron chi connectivity index (χ0n) is 11.0. The Morgan fingerprint density at radius 1 is 0.857 bits per heavy atom. The number of anilines is 2. The molecule has 1 atom stereocenters. The average molecular weight is 299 g/mol. The first-order chi connectivity index (χ1) is 10.2. The molecule has 0 radical (unpaired) electrons. The summed E-state index contributed by atoms with van der Waals surface area (Å²) in [5.41, 5.74) is 2.00. The molecule has 0 saturated carbocycles. The van der Waals surface area contributed by atoms with Crippen molar-refractivity contribution in [3.8, 4) is 5.75 Å². The third kappa shape index (κ3) is 3.39. The molecule has 0 fully saturated rings. The Morgan fingerprint density at radius 2 is 1.57 bits per heavy atom. The van der Waals surface area contributed by atoms with Gasteiger partial charge in [0.1, 0.15) is 5.75 Å². The van der Waals surface area contributed by atoms with E-state index in [-0.39, 0.29) is 0 Å². The van der Waals surface area contributed by atoms with Crippen molar-refractivity contribution in [1.82, 2.24) is 0 Å². The topological polar surface area (TPSA) is 58.6 Å². The van der Waals surface area contributed by atoms with Crippen LogP contribution in [0.4, 0.5) is 11.4 Å². The summed E-state index contributed by atoms with van der Waals surface area (Å²) >= 11 is -2.30. The Morgan fingerprint density at radius 3 is 2.33 bits per heavy atom. The molecule has 0 bridgehead atoms. The maximum Gasteiger partial charge on any atom is 0.357 e. The van der Waals surface area contributed by atoms with Gasteiger partial charge >= 0.3 is 11.4 Å². The van der Waals surface area contributed by atoms with Gasteiger partial charge in [0.2, 0.25) is 0 Å². The van der Waals surface area contributed by atoms with Gasteiger partial charge in [-0.2, -0.15) is 4.21 Å². The minimum Gasteiger partial charge on any atom is -0.380 e. The van der Waals surface area contributed by atoms with Crippen molar-refractivity contribution in [2.24, 2.45) is 0 Å². The molecule has 3 aromatic rings. The van der Waals surface area contributed by atoms with Gasteiger partial charge in [0.25, 0.3) is 0 Å². The first-order valence-electron chi connectivity index (χ1n) is 6.36. The van der Waals surface area contributed by atoms with Crippen molar-refractivity contribution < 1.29 is 12.9 Å². The van der Waals surface area contributed by atoms with E-state index in [1.165, 1.54) is 0 Å². The molecular formula is C16H13NO3S. The number of fused-ring (bicyclic) bond motifs is 1. The third-order valence-electron chi connectivity index (χ3n) is 3.04. The molecule has 1 unspecified atom stereocenters. The van der Waals surface area contributed by atoms with Crippen LogP contribution in [0.3, 0.4) is 0 Å². The fourth-order valence-electron chi connectivity index (χ4n) is 2.12. The lowest BCUT2D eigenvalue weighted by Gasteiger charge is -2.08. The van der Waals surface area contributed by atoms with E-state index in [1.54, 1.807) is 12.1 Å². The molecule has 0 aliphatic heterocycles. The highest BCUT2D eigenvalue weighted by Gasteiger charge is 2.02. The summed E-state index contributed by atoms with van der Waals surface area (Å²) in [7, 11) is 0. The van der Waals surface area contributed by atoms with E-state index in [0.717, 1.165) is 22.1 Å².